The van der Waals surface area contributed by atoms with E-state index in [0.29, 0.717) is 17.3 Å². The molecule has 24 heavy (non-hydrogen) atoms. The third-order valence-electron chi connectivity index (χ3n) is 2.94. The molecule has 0 saturated heterocycles. The number of nitrogens with zero attached hydrogens (tertiary/aromatic N) is 2. The van der Waals surface area contributed by atoms with Gasteiger partial charge in [-0.3, -0.25) is 4.79 Å². The lowest BCUT2D eigenvalue weighted by atomic mass is 10.3. The molecule has 0 aliphatic rings. The van der Waals surface area contributed by atoms with Crippen molar-refractivity contribution in [3.63, 3.8) is 0 Å². The number of aryl methyl sites for hydroxylation is 1. The van der Waals surface area contributed by atoms with Gasteiger partial charge in [-0.2, -0.15) is 0 Å². The van der Waals surface area contributed by atoms with Crippen molar-refractivity contribution in [2.24, 2.45) is 0 Å². The number of carbonyl (C=O) groups is 2. The highest BCUT2D eigenvalue weighted by Gasteiger charge is 2.17. The molecule has 8 heteroatoms. The smallest absolute Gasteiger partial charge is 0.322 e. The van der Waals surface area contributed by atoms with E-state index in [4.69, 9.17) is 4.52 Å². The van der Waals surface area contributed by atoms with Gasteiger partial charge in [-0.05, 0) is 25.1 Å². The quantitative estimate of drug-likeness (QED) is 0.737. The second-order valence-corrected chi connectivity index (χ2v) is 5.90. The summed E-state index contributed by atoms with van der Waals surface area (Å²) in [6.07, 6.45) is 1.55. The molecular weight excluding hydrogens is 376 g/mol. The summed E-state index contributed by atoms with van der Waals surface area (Å²) in [7, 11) is 0. The lowest BCUT2D eigenvalue weighted by molar-refractivity contribution is -0.116. The molecule has 7 nitrogen and oxygen atoms in total. The van der Waals surface area contributed by atoms with Gasteiger partial charge >= 0.3 is 6.03 Å². The predicted octanol–water partition coefficient (Wildman–Crippen LogP) is 3.40. The number of amides is 3. The van der Waals surface area contributed by atoms with Crippen LogP contribution in [-0.2, 0) is 4.79 Å². The molecule has 0 bridgehead atoms. The van der Waals surface area contributed by atoms with Crippen molar-refractivity contribution >= 4 is 39.4 Å². The fraction of sp³-hybridized carbons (Fsp3) is 0.188. The molecule has 0 unspecified atom stereocenters. The maximum Gasteiger partial charge on any atom is 0.322 e. The van der Waals surface area contributed by atoms with Crippen LogP contribution in [0.2, 0.25) is 0 Å². The zero-order valence-corrected chi connectivity index (χ0v) is 14.7. The van der Waals surface area contributed by atoms with Crippen molar-refractivity contribution in [2.45, 2.75) is 6.92 Å². The van der Waals surface area contributed by atoms with Gasteiger partial charge in [-0.15, -0.1) is 6.58 Å². The van der Waals surface area contributed by atoms with Gasteiger partial charge < -0.3 is 20.1 Å². The molecule has 3 amide bonds. The Morgan fingerprint density at radius 3 is 2.79 bits per heavy atom. The molecule has 1 aromatic carbocycles. The first-order valence-electron chi connectivity index (χ1n) is 7.13. The predicted molar refractivity (Wildman–Crippen MR) is 94.8 cm³/mol. The van der Waals surface area contributed by atoms with Crippen molar-refractivity contribution in [2.75, 3.05) is 23.7 Å². The average molecular weight is 393 g/mol. The summed E-state index contributed by atoms with van der Waals surface area (Å²) in [4.78, 5) is 25.7. The van der Waals surface area contributed by atoms with Crippen molar-refractivity contribution < 1.29 is 14.1 Å². The molecule has 126 valence electrons. The number of rotatable bonds is 6. The van der Waals surface area contributed by atoms with Crippen molar-refractivity contribution in [1.82, 2.24) is 10.1 Å². The summed E-state index contributed by atoms with van der Waals surface area (Å²) >= 11 is 3.34. The number of hydrogen-bond donors (Lipinski definition) is 2. The zero-order chi connectivity index (χ0) is 17.5. The van der Waals surface area contributed by atoms with E-state index in [-0.39, 0.29) is 19.0 Å². The van der Waals surface area contributed by atoms with Gasteiger partial charge in [-0.25, -0.2) is 4.79 Å². The Hall–Kier alpha value is -2.61. The van der Waals surface area contributed by atoms with Crippen LogP contribution in [0.5, 0.6) is 0 Å². The average Bonchev–Trinajstić information content (AvgIpc) is 2.91. The Kier molecular flexibility index (Phi) is 6.14. The molecule has 1 heterocycles. The standard InChI is InChI=1S/C16H17BrN4O3/c1-3-7-21(10-15(22)19-14-8-11(2)24-20-14)16(23)18-13-6-4-5-12(17)9-13/h3-6,8-9H,1,7,10H2,2H3,(H,18,23)(H,19,20,22). The summed E-state index contributed by atoms with van der Waals surface area (Å²) in [6, 6.07) is 8.37. The number of nitrogens with one attached hydrogen (secondary N) is 2. The van der Waals surface area contributed by atoms with E-state index in [1.807, 2.05) is 6.07 Å². The SMILES string of the molecule is C=CCN(CC(=O)Nc1cc(C)on1)C(=O)Nc1cccc(Br)c1. The Balaban J connectivity index is 1.98. The number of halogens is 1. The number of anilines is 2. The highest BCUT2D eigenvalue weighted by atomic mass is 79.9. The Morgan fingerprint density at radius 2 is 2.17 bits per heavy atom. The van der Waals surface area contributed by atoms with E-state index in [1.54, 1.807) is 37.3 Å². The minimum Gasteiger partial charge on any atom is -0.360 e. The summed E-state index contributed by atoms with van der Waals surface area (Å²) in [5.74, 6) is 0.513. The Labute approximate surface area is 147 Å². The Bertz CT molecular complexity index is 744. The first-order chi connectivity index (χ1) is 11.5. The lowest BCUT2D eigenvalue weighted by Gasteiger charge is -2.21. The number of aromatic nitrogens is 1. The summed E-state index contributed by atoms with van der Waals surface area (Å²) < 4.78 is 5.72. The van der Waals surface area contributed by atoms with Crippen LogP contribution < -0.4 is 10.6 Å². The van der Waals surface area contributed by atoms with Gasteiger partial charge in [-0.1, -0.05) is 33.2 Å². The third-order valence-corrected chi connectivity index (χ3v) is 3.44. The zero-order valence-electron chi connectivity index (χ0n) is 13.1. The molecule has 0 fully saturated rings. The summed E-state index contributed by atoms with van der Waals surface area (Å²) in [6.45, 7) is 5.42. The molecule has 2 N–H and O–H groups in total. The molecule has 0 saturated carbocycles. The maximum absolute atomic E-state index is 12.3. The molecule has 2 rings (SSSR count). The van der Waals surface area contributed by atoms with Crippen LogP contribution in [0.4, 0.5) is 16.3 Å². The number of benzene rings is 1. The van der Waals surface area contributed by atoms with E-state index < -0.39 is 6.03 Å². The fourth-order valence-electron chi connectivity index (χ4n) is 1.92. The van der Waals surface area contributed by atoms with E-state index in [2.05, 4.69) is 38.3 Å². The van der Waals surface area contributed by atoms with Crippen LogP contribution in [-0.4, -0.2) is 35.1 Å². The number of carbonyl (C=O) groups excluding carboxylic acids is 2. The van der Waals surface area contributed by atoms with Crippen LogP contribution in [0.15, 0.2) is 52.0 Å². The minimum absolute atomic E-state index is 0.141. The van der Waals surface area contributed by atoms with Crippen LogP contribution in [0.25, 0.3) is 0 Å². The molecule has 1 aromatic heterocycles. The van der Waals surface area contributed by atoms with E-state index in [1.165, 1.54) is 4.90 Å². The van der Waals surface area contributed by atoms with Crippen molar-refractivity contribution in [3.8, 4) is 0 Å². The topological polar surface area (TPSA) is 87.5 Å². The second kappa shape index (κ2) is 8.30. The van der Waals surface area contributed by atoms with E-state index in [9.17, 15) is 9.59 Å². The fourth-order valence-corrected chi connectivity index (χ4v) is 2.32. The highest BCUT2D eigenvalue weighted by molar-refractivity contribution is 9.10. The molecule has 0 aliphatic heterocycles. The summed E-state index contributed by atoms with van der Waals surface area (Å²) in [5.41, 5.74) is 0.621. The van der Waals surface area contributed by atoms with Gasteiger partial charge in [0.1, 0.15) is 12.3 Å². The highest BCUT2D eigenvalue weighted by Crippen LogP contribution is 2.16. The normalized spacial score (nSPS) is 10.1. The van der Waals surface area contributed by atoms with Crippen LogP contribution in [0, 0.1) is 6.92 Å². The minimum atomic E-state index is -0.403. The van der Waals surface area contributed by atoms with Crippen LogP contribution in [0.3, 0.4) is 0 Å². The molecule has 2 aromatic rings. The van der Waals surface area contributed by atoms with Crippen molar-refractivity contribution in [1.29, 1.82) is 0 Å². The van der Waals surface area contributed by atoms with Crippen molar-refractivity contribution in [3.05, 3.63) is 53.2 Å². The molecule has 0 atom stereocenters. The molecule has 0 aliphatic carbocycles. The Morgan fingerprint density at radius 1 is 1.38 bits per heavy atom. The largest absolute Gasteiger partial charge is 0.360 e. The maximum atomic E-state index is 12.3. The van der Waals surface area contributed by atoms with Gasteiger partial charge in [0.2, 0.25) is 5.91 Å². The van der Waals surface area contributed by atoms with Gasteiger partial charge in [0.05, 0.1) is 0 Å². The third kappa shape index (κ3) is 5.24. The summed E-state index contributed by atoms with van der Waals surface area (Å²) in [5, 5.41) is 8.99. The van der Waals surface area contributed by atoms with E-state index in [0.717, 1.165) is 4.47 Å². The molecule has 0 spiro atoms. The van der Waals surface area contributed by atoms with Crippen LogP contribution in [0.1, 0.15) is 5.76 Å². The van der Waals surface area contributed by atoms with E-state index >= 15 is 0 Å². The van der Waals surface area contributed by atoms with Gasteiger partial charge in [0.15, 0.2) is 5.82 Å². The number of urea groups is 1. The number of hydrogen-bond acceptors (Lipinski definition) is 4. The van der Waals surface area contributed by atoms with Gasteiger partial charge in [0.25, 0.3) is 0 Å². The first kappa shape index (κ1) is 17.7. The van der Waals surface area contributed by atoms with Gasteiger partial charge in [0, 0.05) is 22.8 Å². The van der Waals surface area contributed by atoms with Crippen LogP contribution >= 0.6 is 15.9 Å². The lowest BCUT2D eigenvalue weighted by Crippen LogP contribution is -2.40. The monoisotopic (exact) mass is 392 g/mol. The first-order valence-corrected chi connectivity index (χ1v) is 7.93. The second-order valence-electron chi connectivity index (χ2n) is 4.98. The molecular formula is C16H17BrN4O3. The molecule has 0 radical (unpaired) electrons.